The summed E-state index contributed by atoms with van der Waals surface area (Å²) in [6.45, 7) is 6.18. The molecule has 1 unspecified atom stereocenters. The van der Waals surface area contributed by atoms with Gasteiger partial charge in [0.1, 0.15) is 11.8 Å². The van der Waals surface area contributed by atoms with Crippen LogP contribution in [0.1, 0.15) is 43.2 Å². The molecule has 0 aromatic carbocycles. The van der Waals surface area contributed by atoms with Crippen LogP contribution in [-0.4, -0.2) is 16.9 Å². The molecule has 0 bridgehead atoms. The van der Waals surface area contributed by atoms with Gasteiger partial charge in [0.2, 0.25) is 0 Å². The second-order valence-electron chi connectivity index (χ2n) is 4.28. The maximum atomic E-state index is 11.9. The molecule has 0 radical (unpaired) electrons. The Balaban J connectivity index is 2.73. The first-order valence-corrected chi connectivity index (χ1v) is 5.75. The number of nitrogens with one attached hydrogen (secondary N) is 1. The van der Waals surface area contributed by atoms with E-state index >= 15 is 0 Å². The lowest BCUT2D eigenvalue weighted by atomic mass is 10.0. The summed E-state index contributed by atoms with van der Waals surface area (Å²) in [7, 11) is 0. The van der Waals surface area contributed by atoms with Crippen LogP contribution in [0.4, 0.5) is 0 Å². The molecule has 4 nitrogen and oxygen atoms in total. The molecule has 1 aromatic heterocycles. The average molecular weight is 231 g/mol. The molecule has 1 aromatic rings. The third-order valence-corrected chi connectivity index (χ3v) is 2.69. The topological polar surface area (TPSA) is 65.8 Å². The largest absolute Gasteiger partial charge is 0.348 e. The first-order chi connectivity index (χ1) is 8.08. The molecule has 0 aliphatic heterocycles. The van der Waals surface area contributed by atoms with Crippen molar-refractivity contribution in [2.45, 2.75) is 33.2 Å². The minimum absolute atomic E-state index is 0.153. The minimum atomic E-state index is -0.185. The van der Waals surface area contributed by atoms with Crippen molar-refractivity contribution in [3.8, 4) is 6.07 Å². The van der Waals surface area contributed by atoms with E-state index in [4.69, 9.17) is 5.26 Å². The van der Waals surface area contributed by atoms with Crippen molar-refractivity contribution in [3.05, 3.63) is 29.6 Å². The van der Waals surface area contributed by atoms with Crippen molar-refractivity contribution in [2.75, 3.05) is 0 Å². The lowest BCUT2D eigenvalue weighted by Gasteiger charge is -2.20. The monoisotopic (exact) mass is 231 g/mol. The van der Waals surface area contributed by atoms with Gasteiger partial charge in [-0.3, -0.25) is 4.79 Å². The highest BCUT2D eigenvalue weighted by Crippen LogP contribution is 2.07. The molecule has 1 rings (SSSR count). The zero-order valence-electron chi connectivity index (χ0n) is 10.4. The number of hydrogen-bond acceptors (Lipinski definition) is 3. The lowest BCUT2D eigenvalue weighted by Crippen LogP contribution is -2.38. The second kappa shape index (κ2) is 6.00. The third-order valence-electron chi connectivity index (χ3n) is 2.69. The molecule has 0 fully saturated rings. The van der Waals surface area contributed by atoms with Gasteiger partial charge < -0.3 is 5.32 Å². The van der Waals surface area contributed by atoms with Gasteiger partial charge in [-0.05, 0) is 24.5 Å². The molecule has 0 spiro atoms. The summed E-state index contributed by atoms with van der Waals surface area (Å²) in [4.78, 5) is 15.8. The Morgan fingerprint density at radius 3 is 2.65 bits per heavy atom. The Bertz CT molecular complexity index is 417. The fraction of sp³-hybridized carbons (Fsp3) is 0.462. The van der Waals surface area contributed by atoms with Crippen molar-refractivity contribution in [3.63, 3.8) is 0 Å². The van der Waals surface area contributed by atoms with Gasteiger partial charge in [0, 0.05) is 12.2 Å². The van der Waals surface area contributed by atoms with E-state index in [-0.39, 0.29) is 11.9 Å². The van der Waals surface area contributed by atoms with E-state index in [1.54, 1.807) is 12.1 Å². The number of nitriles is 1. The molecule has 0 saturated heterocycles. The van der Waals surface area contributed by atoms with Crippen LogP contribution in [-0.2, 0) is 0 Å². The smallest absolute Gasteiger partial charge is 0.270 e. The van der Waals surface area contributed by atoms with Crippen molar-refractivity contribution in [1.82, 2.24) is 10.3 Å². The standard InChI is InChI=1S/C13H17N3O/c1-4-11(9(2)3)16-13(17)12-6-5-10(7-14)8-15-12/h5-6,8-9,11H,4H2,1-3H3,(H,16,17). The van der Waals surface area contributed by atoms with E-state index in [1.165, 1.54) is 6.20 Å². The van der Waals surface area contributed by atoms with Crippen LogP contribution >= 0.6 is 0 Å². The van der Waals surface area contributed by atoms with Crippen LogP contribution in [0, 0.1) is 17.2 Å². The second-order valence-corrected chi connectivity index (χ2v) is 4.28. The first kappa shape index (κ1) is 13.2. The van der Waals surface area contributed by atoms with Gasteiger partial charge in [0.25, 0.3) is 5.91 Å². The fourth-order valence-electron chi connectivity index (χ4n) is 1.58. The van der Waals surface area contributed by atoms with E-state index in [0.29, 0.717) is 17.2 Å². The predicted molar refractivity (Wildman–Crippen MR) is 65.3 cm³/mol. The van der Waals surface area contributed by atoms with Crippen LogP contribution in [0.15, 0.2) is 18.3 Å². The molecule has 0 aliphatic carbocycles. The summed E-state index contributed by atoms with van der Waals surface area (Å²) < 4.78 is 0. The van der Waals surface area contributed by atoms with Crippen LogP contribution in [0.2, 0.25) is 0 Å². The summed E-state index contributed by atoms with van der Waals surface area (Å²) in [5.41, 5.74) is 0.806. The summed E-state index contributed by atoms with van der Waals surface area (Å²) in [5, 5.41) is 11.6. The summed E-state index contributed by atoms with van der Waals surface area (Å²) in [6.07, 6.45) is 2.30. The number of aromatic nitrogens is 1. The maximum absolute atomic E-state index is 11.9. The van der Waals surface area contributed by atoms with Crippen molar-refractivity contribution in [2.24, 2.45) is 5.92 Å². The zero-order chi connectivity index (χ0) is 12.8. The summed E-state index contributed by atoms with van der Waals surface area (Å²) >= 11 is 0. The quantitative estimate of drug-likeness (QED) is 0.863. The maximum Gasteiger partial charge on any atom is 0.270 e. The van der Waals surface area contributed by atoms with Crippen LogP contribution < -0.4 is 5.32 Å². The Kier molecular flexibility index (Phi) is 4.65. The average Bonchev–Trinajstić information content (AvgIpc) is 2.35. The van der Waals surface area contributed by atoms with Gasteiger partial charge in [-0.25, -0.2) is 4.98 Å². The summed E-state index contributed by atoms with van der Waals surface area (Å²) in [5.74, 6) is 0.206. The van der Waals surface area contributed by atoms with Gasteiger partial charge in [-0.2, -0.15) is 5.26 Å². The van der Waals surface area contributed by atoms with Crippen molar-refractivity contribution >= 4 is 5.91 Å². The van der Waals surface area contributed by atoms with Crippen LogP contribution in [0.25, 0.3) is 0 Å². The van der Waals surface area contributed by atoms with Crippen molar-refractivity contribution < 1.29 is 4.79 Å². The first-order valence-electron chi connectivity index (χ1n) is 5.75. The highest BCUT2D eigenvalue weighted by molar-refractivity contribution is 5.92. The lowest BCUT2D eigenvalue weighted by molar-refractivity contribution is 0.0919. The fourth-order valence-corrected chi connectivity index (χ4v) is 1.58. The number of nitrogens with zero attached hydrogens (tertiary/aromatic N) is 2. The van der Waals surface area contributed by atoms with Crippen LogP contribution in [0.3, 0.4) is 0 Å². The third kappa shape index (κ3) is 3.56. The Morgan fingerprint density at radius 1 is 1.53 bits per heavy atom. The van der Waals surface area contributed by atoms with E-state index in [1.807, 2.05) is 13.0 Å². The number of amides is 1. The SMILES string of the molecule is CCC(NC(=O)c1ccc(C#N)cn1)C(C)C. The highest BCUT2D eigenvalue weighted by atomic mass is 16.1. The zero-order valence-corrected chi connectivity index (χ0v) is 10.4. The van der Waals surface area contributed by atoms with Gasteiger partial charge in [-0.1, -0.05) is 20.8 Å². The Hall–Kier alpha value is -1.89. The molecular formula is C13H17N3O. The number of hydrogen-bond donors (Lipinski definition) is 1. The number of pyridine rings is 1. The van der Waals surface area contributed by atoms with E-state index in [9.17, 15) is 4.79 Å². The predicted octanol–water partition coefficient (Wildman–Crippen LogP) is 2.12. The van der Waals surface area contributed by atoms with E-state index < -0.39 is 0 Å². The minimum Gasteiger partial charge on any atom is -0.348 e. The molecule has 1 atom stereocenters. The number of carbonyl (C=O) groups excluding carboxylic acids is 1. The molecule has 1 N–H and O–H groups in total. The molecule has 17 heavy (non-hydrogen) atoms. The highest BCUT2D eigenvalue weighted by Gasteiger charge is 2.15. The molecule has 1 heterocycles. The van der Waals surface area contributed by atoms with E-state index in [2.05, 4.69) is 24.1 Å². The van der Waals surface area contributed by atoms with Gasteiger partial charge >= 0.3 is 0 Å². The van der Waals surface area contributed by atoms with Crippen molar-refractivity contribution in [1.29, 1.82) is 5.26 Å². The molecule has 90 valence electrons. The molecule has 0 saturated carbocycles. The van der Waals surface area contributed by atoms with Gasteiger partial charge in [0.05, 0.1) is 5.56 Å². The Morgan fingerprint density at radius 2 is 2.24 bits per heavy atom. The normalized spacial score (nSPS) is 11.9. The van der Waals surface area contributed by atoms with E-state index in [0.717, 1.165) is 6.42 Å². The number of carbonyl (C=O) groups is 1. The molecular weight excluding hydrogens is 214 g/mol. The van der Waals surface area contributed by atoms with Gasteiger partial charge in [0.15, 0.2) is 0 Å². The molecule has 1 amide bonds. The van der Waals surface area contributed by atoms with Gasteiger partial charge in [-0.15, -0.1) is 0 Å². The number of rotatable bonds is 4. The van der Waals surface area contributed by atoms with Crippen LogP contribution in [0.5, 0.6) is 0 Å². The summed E-state index contributed by atoms with van der Waals surface area (Å²) in [6, 6.07) is 5.29. The molecule has 4 heteroatoms. The Labute approximate surface area is 102 Å². The molecule has 0 aliphatic rings.